The molecule has 96 valence electrons. The summed E-state index contributed by atoms with van der Waals surface area (Å²) in [5.74, 6) is -0.210. The summed E-state index contributed by atoms with van der Waals surface area (Å²) in [6.45, 7) is 2.94. The average Bonchev–Trinajstić information content (AvgIpc) is 2.76. The first-order valence-corrected chi connectivity index (χ1v) is 5.99. The van der Waals surface area contributed by atoms with Gasteiger partial charge in [0.15, 0.2) is 0 Å². The van der Waals surface area contributed by atoms with Crippen LogP contribution in [0.1, 0.15) is 12.5 Å². The minimum Gasteiger partial charge on any atom is -0.448 e. The summed E-state index contributed by atoms with van der Waals surface area (Å²) in [4.78, 5) is 24.3. The standard InChI is InChI=1S/C13H16N2O3/c1-2-10-3-5-11(6-4-10)14-12(16)9-15-7-8-18-13(15)17/h3-6H,2,7-9H2,1H3,(H,14,16). The Morgan fingerprint density at radius 1 is 1.39 bits per heavy atom. The Hall–Kier alpha value is -2.04. The number of nitrogens with zero attached hydrogens (tertiary/aromatic N) is 1. The normalized spacial score (nSPS) is 14.5. The van der Waals surface area contributed by atoms with Crippen LogP contribution in [0.4, 0.5) is 10.5 Å². The summed E-state index contributed by atoms with van der Waals surface area (Å²) < 4.78 is 4.75. The first kappa shape index (κ1) is 12.4. The van der Waals surface area contributed by atoms with E-state index in [1.165, 1.54) is 10.5 Å². The Morgan fingerprint density at radius 3 is 2.67 bits per heavy atom. The number of anilines is 1. The van der Waals surface area contributed by atoms with Crippen LogP contribution in [0, 0.1) is 0 Å². The molecule has 0 saturated carbocycles. The van der Waals surface area contributed by atoms with Gasteiger partial charge in [0.1, 0.15) is 13.2 Å². The van der Waals surface area contributed by atoms with Gasteiger partial charge in [0.05, 0.1) is 6.54 Å². The third kappa shape index (κ3) is 3.00. The van der Waals surface area contributed by atoms with E-state index in [1.54, 1.807) is 0 Å². The van der Waals surface area contributed by atoms with Gasteiger partial charge < -0.3 is 10.1 Å². The first-order valence-electron chi connectivity index (χ1n) is 5.99. The molecule has 5 heteroatoms. The smallest absolute Gasteiger partial charge is 0.410 e. The van der Waals surface area contributed by atoms with Crippen LogP contribution in [0.2, 0.25) is 0 Å². The molecule has 1 aromatic rings. The van der Waals surface area contributed by atoms with E-state index in [2.05, 4.69) is 12.2 Å². The van der Waals surface area contributed by atoms with Gasteiger partial charge in [0.2, 0.25) is 5.91 Å². The van der Waals surface area contributed by atoms with Crippen LogP contribution >= 0.6 is 0 Å². The lowest BCUT2D eigenvalue weighted by Crippen LogP contribution is -2.33. The number of amides is 2. The van der Waals surface area contributed by atoms with Crippen LogP contribution in [-0.2, 0) is 16.0 Å². The third-order valence-electron chi connectivity index (χ3n) is 2.83. The molecule has 1 aliphatic heterocycles. The van der Waals surface area contributed by atoms with E-state index in [9.17, 15) is 9.59 Å². The van der Waals surface area contributed by atoms with E-state index in [-0.39, 0.29) is 12.5 Å². The number of aryl methyl sites for hydroxylation is 1. The highest BCUT2D eigenvalue weighted by Crippen LogP contribution is 2.10. The molecule has 1 aromatic carbocycles. The molecule has 0 radical (unpaired) electrons. The monoisotopic (exact) mass is 248 g/mol. The van der Waals surface area contributed by atoms with Crippen LogP contribution < -0.4 is 5.32 Å². The molecule has 1 aliphatic rings. The molecule has 0 spiro atoms. The highest BCUT2D eigenvalue weighted by atomic mass is 16.6. The van der Waals surface area contributed by atoms with Crippen LogP contribution in [0.25, 0.3) is 0 Å². The van der Waals surface area contributed by atoms with Crippen molar-refractivity contribution in [2.75, 3.05) is 25.0 Å². The molecule has 1 saturated heterocycles. The number of hydrogen-bond donors (Lipinski definition) is 1. The summed E-state index contributed by atoms with van der Waals surface area (Å²) in [5.41, 5.74) is 1.96. The highest BCUT2D eigenvalue weighted by Gasteiger charge is 2.23. The van der Waals surface area contributed by atoms with Crippen LogP contribution in [0.15, 0.2) is 24.3 Å². The van der Waals surface area contributed by atoms with Crippen molar-refractivity contribution in [2.45, 2.75) is 13.3 Å². The Bertz CT molecular complexity index is 442. The number of benzene rings is 1. The van der Waals surface area contributed by atoms with Crippen molar-refractivity contribution < 1.29 is 14.3 Å². The number of carbonyl (C=O) groups is 2. The fraction of sp³-hybridized carbons (Fsp3) is 0.385. The zero-order valence-electron chi connectivity index (χ0n) is 10.3. The van der Waals surface area contributed by atoms with E-state index in [0.717, 1.165) is 12.1 Å². The predicted molar refractivity (Wildman–Crippen MR) is 67.4 cm³/mol. The first-order chi connectivity index (χ1) is 8.69. The number of hydrogen-bond acceptors (Lipinski definition) is 3. The van der Waals surface area contributed by atoms with Crippen molar-refractivity contribution in [3.63, 3.8) is 0 Å². The molecule has 2 rings (SSSR count). The molecule has 18 heavy (non-hydrogen) atoms. The minimum absolute atomic E-state index is 0.0361. The van der Waals surface area contributed by atoms with E-state index >= 15 is 0 Å². The van der Waals surface area contributed by atoms with Crippen molar-refractivity contribution in [1.29, 1.82) is 0 Å². The number of ether oxygens (including phenoxy) is 1. The van der Waals surface area contributed by atoms with Crippen LogP contribution in [-0.4, -0.2) is 36.6 Å². The maximum Gasteiger partial charge on any atom is 0.410 e. The number of nitrogens with one attached hydrogen (secondary N) is 1. The van der Waals surface area contributed by atoms with Gasteiger partial charge in [-0.05, 0) is 24.1 Å². The summed E-state index contributed by atoms with van der Waals surface area (Å²) in [6, 6.07) is 7.66. The van der Waals surface area contributed by atoms with E-state index in [4.69, 9.17) is 4.74 Å². The van der Waals surface area contributed by atoms with E-state index in [0.29, 0.717) is 13.2 Å². The summed E-state index contributed by atoms with van der Waals surface area (Å²) >= 11 is 0. The summed E-state index contributed by atoms with van der Waals surface area (Å²) in [5, 5.41) is 2.75. The van der Waals surface area contributed by atoms with Crippen molar-refractivity contribution in [1.82, 2.24) is 4.90 Å². The van der Waals surface area contributed by atoms with Gasteiger partial charge in [-0.2, -0.15) is 0 Å². The molecule has 0 aromatic heterocycles. The number of cyclic esters (lactones) is 1. The Morgan fingerprint density at radius 2 is 2.11 bits per heavy atom. The molecule has 0 bridgehead atoms. The van der Waals surface area contributed by atoms with Crippen LogP contribution in [0.3, 0.4) is 0 Å². The topological polar surface area (TPSA) is 58.6 Å². The van der Waals surface area contributed by atoms with Gasteiger partial charge in [0, 0.05) is 5.69 Å². The maximum atomic E-state index is 11.7. The minimum atomic E-state index is -0.425. The third-order valence-corrected chi connectivity index (χ3v) is 2.83. The van der Waals surface area contributed by atoms with Gasteiger partial charge in [0.25, 0.3) is 0 Å². The zero-order valence-corrected chi connectivity index (χ0v) is 10.3. The second-order valence-electron chi connectivity index (χ2n) is 4.13. The molecule has 0 atom stereocenters. The van der Waals surface area contributed by atoms with Gasteiger partial charge in [-0.3, -0.25) is 9.69 Å². The Kier molecular flexibility index (Phi) is 3.82. The van der Waals surface area contributed by atoms with Crippen LogP contribution in [0.5, 0.6) is 0 Å². The largest absolute Gasteiger partial charge is 0.448 e. The lowest BCUT2D eigenvalue weighted by molar-refractivity contribution is -0.116. The molecule has 2 amide bonds. The zero-order chi connectivity index (χ0) is 13.0. The fourth-order valence-electron chi connectivity index (χ4n) is 1.77. The number of rotatable bonds is 4. The Labute approximate surface area is 106 Å². The summed E-state index contributed by atoms with van der Waals surface area (Å²) in [6.07, 6.45) is 0.542. The van der Waals surface area contributed by atoms with Crippen molar-refractivity contribution in [2.24, 2.45) is 0 Å². The van der Waals surface area contributed by atoms with Gasteiger partial charge in [-0.15, -0.1) is 0 Å². The predicted octanol–water partition coefficient (Wildman–Crippen LogP) is 1.64. The molecule has 5 nitrogen and oxygen atoms in total. The SMILES string of the molecule is CCc1ccc(NC(=O)CN2CCOC2=O)cc1. The molecular formula is C13H16N2O3. The Balaban J connectivity index is 1.88. The fourth-order valence-corrected chi connectivity index (χ4v) is 1.77. The lowest BCUT2D eigenvalue weighted by atomic mass is 10.1. The van der Waals surface area contributed by atoms with Crippen molar-refractivity contribution in [3.05, 3.63) is 29.8 Å². The molecule has 1 fully saturated rings. The second kappa shape index (κ2) is 5.53. The van der Waals surface area contributed by atoms with Crippen molar-refractivity contribution >= 4 is 17.7 Å². The molecule has 1 N–H and O–H groups in total. The molecular weight excluding hydrogens is 232 g/mol. The maximum absolute atomic E-state index is 11.7. The highest BCUT2D eigenvalue weighted by molar-refractivity contribution is 5.94. The average molecular weight is 248 g/mol. The molecule has 0 unspecified atom stereocenters. The quantitative estimate of drug-likeness (QED) is 0.881. The molecule has 1 heterocycles. The summed E-state index contributed by atoms with van der Waals surface area (Å²) in [7, 11) is 0. The van der Waals surface area contributed by atoms with Gasteiger partial charge >= 0.3 is 6.09 Å². The van der Waals surface area contributed by atoms with E-state index in [1.807, 2.05) is 24.3 Å². The van der Waals surface area contributed by atoms with E-state index < -0.39 is 6.09 Å². The number of carbonyl (C=O) groups excluding carboxylic acids is 2. The van der Waals surface area contributed by atoms with Gasteiger partial charge in [-0.25, -0.2) is 4.79 Å². The second-order valence-corrected chi connectivity index (χ2v) is 4.13. The molecule has 0 aliphatic carbocycles. The lowest BCUT2D eigenvalue weighted by Gasteiger charge is -2.12. The van der Waals surface area contributed by atoms with Crippen molar-refractivity contribution in [3.8, 4) is 0 Å². The van der Waals surface area contributed by atoms with Gasteiger partial charge in [-0.1, -0.05) is 19.1 Å².